The summed E-state index contributed by atoms with van der Waals surface area (Å²) in [6, 6.07) is 6.38. The SMILES string of the molecule is COc1cccc(C2C(C(=O)C3CC3)=C(O)C(=O)N2c2nncs2)c1. The van der Waals surface area contributed by atoms with Crippen LogP contribution in [0.1, 0.15) is 24.4 Å². The van der Waals surface area contributed by atoms with E-state index in [0.717, 1.165) is 12.8 Å². The highest BCUT2D eigenvalue weighted by Gasteiger charge is 2.48. The van der Waals surface area contributed by atoms with Gasteiger partial charge in [0.2, 0.25) is 5.13 Å². The molecule has 1 saturated carbocycles. The second-order valence-corrected chi connectivity index (χ2v) is 6.79. The first-order valence-corrected chi connectivity index (χ1v) is 8.70. The number of carbonyl (C=O) groups excluding carboxylic acids is 2. The summed E-state index contributed by atoms with van der Waals surface area (Å²) in [5.41, 5.74) is 2.31. The summed E-state index contributed by atoms with van der Waals surface area (Å²) < 4.78 is 5.26. The predicted octanol–water partition coefficient (Wildman–Crippen LogP) is 2.43. The van der Waals surface area contributed by atoms with Crippen molar-refractivity contribution in [1.29, 1.82) is 0 Å². The summed E-state index contributed by atoms with van der Waals surface area (Å²) in [6.45, 7) is 0. The van der Waals surface area contributed by atoms with Gasteiger partial charge in [-0.3, -0.25) is 14.5 Å². The number of ether oxygens (including phenoxy) is 1. The lowest BCUT2D eigenvalue weighted by atomic mass is 9.94. The third-order valence-electron chi connectivity index (χ3n) is 4.39. The molecule has 1 unspecified atom stereocenters. The average molecular weight is 357 g/mol. The van der Waals surface area contributed by atoms with Gasteiger partial charge < -0.3 is 9.84 Å². The molecule has 1 atom stereocenters. The molecule has 1 aliphatic carbocycles. The third kappa shape index (κ3) is 2.58. The Kier molecular flexibility index (Phi) is 3.76. The molecule has 1 fully saturated rings. The smallest absolute Gasteiger partial charge is 0.296 e. The Morgan fingerprint density at radius 2 is 2.20 bits per heavy atom. The zero-order chi connectivity index (χ0) is 17.6. The topological polar surface area (TPSA) is 92.6 Å². The van der Waals surface area contributed by atoms with E-state index in [4.69, 9.17) is 4.74 Å². The standard InChI is InChI=1S/C17H15N3O4S/c1-24-11-4-2-3-10(7-11)13-12(14(21)9-5-6-9)15(22)16(23)20(13)17-19-18-8-25-17/h2-4,7-9,13,22H,5-6H2,1H3. The van der Waals surface area contributed by atoms with Crippen molar-refractivity contribution < 1.29 is 19.4 Å². The second kappa shape index (κ2) is 5.96. The van der Waals surface area contributed by atoms with Crippen LogP contribution in [-0.4, -0.2) is 34.1 Å². The Morgan fingerprint density at radius 3 is 2.84 bits per heavy atom. The molecule has 8 heteroatoms. The van der Waals surface area contributed by atoms with E-state index in [2.05, 4.69) is 10.2 Å². The molecule has 1 aromatic heterocycles. The fourth-order valence-corrected chi connectivity index (χ4v) is 3.60. The van der Waals surface area contributed by atoms with Crippen molar-refractivity contribution in [1.82, 2.24) is 10.2 Å². The summed E-state index contributed by atoms with van der Waals surface area (Å²) >= 11 is 1.17. The fourth-order valence-electron chi connectivity index (χ4n) is 3.02. The van der Waals surface area contributed by atoms with E-state index in [1.807, 2.05) is 0 Å². The van der Waals surface area contributed by atoms with E-state index in [1.54, 1.807) is 31.4 Å². The van der Waals surface area contributed by atoms with Gasteiger partial charge in [0.25, 0.3) is 5.91 Å². The molecule has 2 aromatic rings. The molecule has 1 N–H and O–H groups in total. The largest absolute Gasteiger partial charge is 0.503 e. The molecule has 0 bridgehead atoms. The summed E-state index contributed by atoms with van der Waals surface area (Å²) in [5.74, 6) is -0.821. The summed E-state index contributed by atoms with van der Waals surface area (Å²) in [5, 5.41) is 18.5. The second-order valence-electron chi connectivity index (χ2n) is 5.98. The number of rotatable bonds is 5. The monoisotopic (exact) mass is 357 g/mol. The van der Waals surface area contributed by atoms with Gasteiger partial charge in [-0.25, -0.2) is 0 Å². The van der Waals surface area contributed by atoms with Crippen LogP contribution in [-0.2, 0) is 9.59 Å². The van der Waals surface area contributed by atoms with E-state index in [-0.39, 0.29) is 17.3 Å². The molecule has 25 heavy (non-hydrogen) atoms. The van der Waals surface area contributed by atoms with Gasteiger partial charge in [0.15, 0.2) is 11.5 Å². The molecule has 2 heterocycles. The first kappa shape index (κ1) is 15.8. The molecule has 1 aliphatic heterocycles. The van der Waals surface area contributed by atoms with Crippen molar-refractivity contribution in [2.75, 3.05) is 12.0 Å². The van der Waals surface area contributed by atoms with Crippen LogP contribution < -0.4 is 9.64 Å². The highest BCUT2D eigenvalue weighted by atomic mass is 32.1. The minimum absolute atomic E-state index is 0.118. The normalized spacial score (nSPS) is 20.3. The number of aliphatic hydroxyl groups excluding tert-OH is 1. The third-order valence-corrected chi connectivity index (χ3v) is 5.07. The highest BCUT2D eigenvalue weighted by Crippen LogP contribution is 2.45. The fraction of sp³-hybridized carbons (Fsp3) is 0.294. The van der Waals surface area contributed by atoms with Gasteiger partial charge in [-0.1, -0.05) is 23.5 Å². The van der Waals surface area contributed by atoms with Gasteiger partial charge in [0, 0.05) is 5.92 Å². The van der Waals surface area contributed by atoms with E-state index >= 15 is 0 Å². The van der Waals surface area contributed by atoms with Crippen LogP contribution in [0.15, 0.2) is 41.1 Å². The highest BCUT2D eigenvalue weighted by molar-refractivity contribution is 7.13. The molecule has 0 spiro atoms. The lowest BCUT2D eigenvalue weighted by Gasteiger charge is -2.24. The molecule has 0 radical (unpaired) electrons. The molecule has 2 aliphatic rings. The van der Waals surface area contributed by atoms with Crippen molar-refractivity contribution in [3.05, 3.63) is 46.7 Å². The van der Waals surface area contributed by atoms with Gasteiger partial charge in [-0.15, -0.1) is 10.2 Å². The Balaban J connectivity index is 1.86. The molecule has 0 saturated heterocycles. The van der Waals surface area contributed by atoms with Crippen molar-refractivity contribution in [2.45, 2.75) is 18.9 Å². The number of amides is 1. The Hall–Kier alpha value is -2.74. The number of anilines is 1. The van der Waals surface area contributed by atoms with Crippen LogP contribution >= 0.6 is 11.3 Å². The van der Waals surface area contributed by atoms with Crippen LogP contribution in [0.2, 0.25) is 0 Å². The van der Waals surface area contributed by atoms with E-state index in [0.29, 0.717) is 16.4 Å². The number of hydrogen-bond donors (Lipinski definition) is 1. The van der Waals surface area contributed by atoms with Gasteiger partial charge in [0.1, 0.15) is 11.3 Å². The minimum atomic E-state index is -0.733. The lowest BCUT2D eigenvalue weighted by molar-refractivity contribution is -0.118. The van der Waals surface area contributed by atoms with Crippen molar-refractivity contribution in [2.24, 2.45) is 5.92 Å². The maximum Gasteiger partial charge on any atom is 0.296 e. The van der Waals surface area contributed by atoms with Gasteiger partial charge >= 0.3 is 0 Å². The van der Waals surface area contributed by atoms with Gasteiger partial charge in [0.05, 0.1) is 18.7 Å². The number of Topliss-reactive ketones (excluding diaryl/α,β-unsaturated/α-hetero) is 1. The van der Waals surface area contributed by atoms with Gasteiger partial charge in [-0.05, 0) is 30.5 Å². The first-order chi connectivity index (χ1) is 12.1. The number of carbonyl (C=O) groups is 2. The molecule has 128 valence electrons. The summed E-state index contributed by atoms with van der Waals surface area (Å²) in [7, 11) is 1.55. The number of methoxy groups -OCH3 is 1. The van der Waals surface area contributed by atoms with Crippen LogP contribution in [0, 0.1) is 5.92 Å². The van der Waals surface area contributed by atoms with Crippen molar-refractivity contribution >= 4 is 28.2 Å². The number of aromatic nitrogens is 2. The molecule has 1 aromatic carbocycles. The van der Waals surface area contributed by atoms with E-state index < -0.39 is 17.7 Å². The molecule has 1 amide bonds. The number of benzene rings is 1. The van der Waals surface area contributed by atoms with Crippen molar-refractivity contribution in [3.8, 4) is 5.75 Å². The lowest BCUT2D eigenvalue weighted by Crippen LogP contribution is -2.31. The number of nitrogens with zero attached hydrogens (tertiary/aromatic N) is 3. The van der Waals surface area contributed by atoms with Crippen LogP contribution in [0.5, 0.6) is 5.75 Å². The number of aliphatic hydroxyl groups is 1. The minimum Gasteiger partial charge on any atom is -0.503 e. The van der Waals surface area contributed by atoms with E-state index in [9.17, 15) is 14.7 Å². The number of ketones is 1. The Labute approximate surface area is 147 Å². The molecule has 4 rings (SSSR count). The van der Waals surface area contributed by atoms with Crippen molar-refractivity contribution in [3.63, 3.8) is 0 Å². The quantitative estimate of drug-likeness (QED) is 0.883. The molecular formula is C17H15N3O4S. The first-order valence-electron chi connectivity index (χ1n) is 7.83. The van der Waals surface area contributed by atoms with Gasteiger partial charge in [-0.2, -0.15) is 0 Å². The predicted molar refractivity (Wildman–Crippen MR) is 90.5 cm³/mol. The summed E-state index contributed by atoms with van der Waals surface area (Å²) in [6.07, 6.45) is 1.57. The Bertz CT molecular complexity index is 874. The zero-order valence-corrected chi connectivity index (χ0v) is 14.2. The molecule has 7 nitrogen and oxygen atoms in total. The van der Waals surface area contributed by atoms with E-state index in [1.165, 1.54) is 21.7 Å². The zero-order valence-electron chi connectivity index (χ0n) is 13.4. The Morgan fingerprint density at radius 1 is 1.40 bits per heavy atom. The van der Waals surface area contributed by atoms with Crippen LogP contribution in [0.4, 0.5) is 5.13 Å². The van der Waals surface area contributed by atoms with Crippen LogP contribution in [0.3, 0.4) is 0 Å². The maximum absolute atomic E-state index is 12.8. The maximum atomic E-state index is 12.8. The average Bonchev–Trinajstić information content (AvgIpc) is 3.29. The number of hydrogen-bond acceptors (Lipinski definition) is 7. The van der Waals surface area contributed by atoms with Crippen LogP contribution in [0.25, 0.3) is 0 Å². The summed E-state index contributed by atoms with van der Waals surface area (Å²) in [4.78, 5) is 26.8. The molecular weight excluding hydrogens is 342 g/mol.